The van der Waals surface area contributed by atoms with Crippen LogP contribution >= 0.6 is 0 Å². The molecule has 0 unspecified atom stereocenters. The summed E-state index contributed by atoms with van der Waals surface area (Å²) < 4.78 is 1.63. The highest BCUT2D eigenvalue weighted by molar-refractivity contribution is 5.96. The van der Waals surface area contributed by atoms with Crippen molar-refractivity contribution in [2.75, 3.05) is 11.1 Å². The van der Waals surface area contributed by atoms with E-state index in [1.807, 2.05) is 49.4 Å². The molecule has 0 aliphatic heterocycles. The standard InChI is InChI=1S/C19H21N5O/c1-13-9-17(24(2)23-13)18(25)11-14-5-3-6-15(10-14)12-22-16-7-4-8-21-19(16)20/h3-10,22H,11-12H2,1-2H3,(H2,20,21). The van der Waals surface area contributed by atoms with Gasteiger partial charge in [0, 0.05) is 26.2 Å². The number of nitrogens with one attached hydrogen (secondary N) is 1. The molecule has 2 aromatic heterocycles. The van der Waals surface area contributed by atoms with E-state index in [9.17, 15) is 4.79 Å². The van der Waals surface area contributed by atoms with Crippen LogP contribution < -0.4 is 11.1 Å². The van der Waals surface area contributed by atoms with Gasteiger partial charge in [0.25, 0.3) is 0 Å². The van der Waals surface area contributed by atoms with Crippen LogP contribution in [0.15, 0.2) is 48.7 Å². The van der Waals surface area contributed by atoms with E-state index in [0.29, 0.717) is 24.5 Å². The number of aryl methyl sites for hydroxylation is 2. The van der Waals surface area contributed by atoms with Crippen LogP contribution in [-0.4, -0.2) is 20.5 Å². The van der Waals surface area contributed by atoms with Crippen molar-refractivity contribution in [3.63, 3.8) is 0 Å². The fourth-order valence-corrected chi connectivity index (χ4v) is 2.76. The number of carbonyl (C=O) groups is 1. The minimum atomic E-state index is 0.0599. The van der Waals surface area contributed by atoms with Gasteiger partial charge in [-0.25, -0.2) is 4.98 Å². The van der Waals surface area contributed by atoms with Crippen LogP contribution in [0.25, 0.3) is 0 Å². The predicted octanol–water partition coefficient (Wildman–Crippen LogP) is 2.74. The predicted molar refractivity (Wildman–Crippen MR) is 98.4 cm³/mol. The summed E-state index contributed by atoms with van der Waals surface area (Å²) in [5.74, 6) is 0.533. The van der Waals surface area contributed by atoms with Crippen molar-refractivity contribution < 1.29 is 4.79 Å². The van der Waals surface area contributed by atoms with Gasteiger partial charge >= 0.3 is 0 Å². The van der Waals surface area contributed by atoms with E-state index < -0.39 is 0 Å². The number of ketones is 1. The summed E-state index contributed by atoms with van der Waals surface area (Å²) in [6.07, 6.45) is 2.01. The summed E-state index contributed by atoms with van der Waals surface area (Å²) in [6.45, 7) is 2.50. The number of anilines is 2. The van der Waals surface area contributed by atoms with Gasteiger partial charge in [-0.2, -0.15) is 5.10 Å². The number of hydrogen-bond acceptors (Lipinski definition) is 5. The first-order valence-corrected chi connectivity index (χ1v) is 8.09. The molecular formula is C19H21N5O. The average Bonchev–Trinajstić information content (AvgIpc) is 2.93. The Labute approximate surface area is 146 Å². The number of hydrogen-bond donors (Lipinski definition) is 2. The first-order chi connectivity index (χ1) is 12.0. The van der Waals surface area contributed by atoms with Crippen LogP contribution in [0.2, 0.25) is 0 Å². The fraction of sp³-hybridized carbons (Fsp3) is 0.211. The van der Waals surface area contributed by atoms with Crippen molar-refractivity contribution in [3.05, 3.63) is 71.2 Å². The largest absolute Gasteiger partial charge is 0.382 e. The summed E-state index contributed by atoms with van der Waals surface area (Å²) in [5.41, 5.74) is 10.2. The lowest BCUT2D eigenvalue weighted by atomic mass is 10.0. The molecule has 1 aromatic carbocycles. The van der Waals surface area contributed by atoms with Gasteiger partial charge in [0.05, 0.1) is 11.4 Å². The molecule has 0 saturated heterocycles. The Balaban J connectivity index is 1.68. The van der Waals surface area contributed by atoms with Gasteiger partial charge in [-0.15, -0.1) is 0 Å². The SMILES string of the molecule is Cc1cc(C(=O)Cc2cccc(CNc3cccnc3N)c2)n(C)n1. The molecule has 3 aromatic rings. The van der Waals surface area contributed by atoms with Crippen LogP contribution in [0.1, 0.15) is 27.3 Å². The highest BCUT2D eigenvalue weighted by Gasteiger charge is 2.12. The third-order valence-corrected chi connectivity index (χ3v) is 3.97. The quantitative estimate of drug-likeness (QED) is 0.677. The maximum atomic E-state index is 12.5. The molecule has 3 rings (SSSR count). The number of carbonyl (C=O) groups excluding carboxylic acids is 1. The highest BCUT2D eigenvalue weighted by atomic mass is 16.1. The minimum Gasteiger partial charge on any atom is -0.382 e. The molecular weight excluding hydrogens is 314 g/mol. The smallest absolute Gasteiger partial charge is 0.185 e. The van der Waals surface area contributed by atoms with Gasteiger partial charge in [0.15, 0.2) is 5.78 Å². The second-order valence-corrected chi connectivity index (χ2v) is 6.00. The molecule has 0 aliphatic rings. The summed E-state index contributed by atoms with van der Waals surface area (Å²) in [7, 11) is 1.79. The maximum Gasteiger partial charge on any atom is 0.185 e. The summed E-state index contributed by atoms with van der Waals surface area (Å²) in [4.78, 5) is 16.5. The third-order valence-electron chi connectivity index (χ3n) is 3.97. The first-order valence-electron chi connectivity index (χ1n) is 8.09. The van der Waals surface area contributed by atoms with E-state index in [0.717, 1.165) is 22.5 Å². The van der Waals surface area contributed by atoms with E-state index in [1.54, 1.807) is 17.9 Å². The average molecular weight is 335 g/mol. The van der Waals surface area contributed by atoms with Crippen molar-refractivity contribution in [3.8, 4) is 0 Å². The van der Waals surface area contributed by atoms with E-state index in [2.05, 4.69) is 15.4 Å². The number of nitrogens with two attached hydrogens (primary N) is 1. The highest BCUT2D eigenvalue weighted by Crippen LogP contribution is 2.16. The zero-order chi connectivity index (χ0) is 17.8. The molecule has 0 atom stereocenters. The molecule has 2 heterocycles. The van der Waals surface area contributed by atoms with Crippen molar-refractivity contribution >= 4 is 17.3 Å². The first kappa shape index (κ1) is 16.7. The van der Waals surface area contributed by atoms with Gasteiger partial charge in [-0.05, 0) is 36.2 Å². The van der Waals surface area contributed by atoms with Crippen LogP contribution in [-0.2, 0) is 20.0 Å². The summed E-state index contributed by atoms with van der Waals surface area (Å²) in [5, 5.41) is 7.50. The van der Waals surface area contributed by atoms with Crippen LogP contribution in [0.4, 0.5) is 11.5 Å². The second-order valence-electron chi connectivity index (χ2n) is 6.00. The molecule has 6 heteroatoms. The number of benzene rings is 1. The van der Waals surface area contributed by atoms with Gasteiger partial charge < -0.3 is 11.1 Å². The number of aromatic nitrogens is 3. The number of nitrogen functional groups attached to an aromatic ring is 1. The van der Waals surface area contributed by atoms with Crippen LogP contribution in [0.3, 0.4) is 0 Å². The molecule has 0 fully saturated rings. The number of rotatable bonds is 6. The Bertz CT molecular complexity index is 900. The Kier molecular flexibility index (Phi) is 4.79. The van der Waals surface area contributed by atoms with E-state index in [4.69, 9.17) is 5.73 Å². The lowest BCUT2D eigenvalue weighted by Gasteiger charge is -2.09. The summed E-state index contributed by atoms with van der Waals surface area (Å²) >= 11 is 0. The number of pyridine rings is 1. The normalized spacial score (nSPS) is 10.6. The summed E-state index contributed by atoms with van der Waals surface area (Å²) in [6, 6.07) is 13.5. The maximum absolute atomic E-state index is 12.5. The van der Waals surface area contributed by atoms with Crippen LogP contribution in [0.5, 0.6) is 0 Å². The lowest BCUT2D eigenvalue weighted by Crippen LogP contribution is -2.10. The molecule has 0 saturated carbocycles. The van der Waals surface area contributed by atoms with Crippen molar-refractivity contribution in [2.24, 2.45) is 7.05 Å². The van der Waals surface area contributed by atoms with Gasteiger partial charge in [0.1, 0.15) is 11.5 Å². The van der Waals surface area contributed by atoms with Crippen molar-refractivity contribution in [1.82, 2.24) is 14.8 Å². The fourth-order valence-electron chi connectivity index (χ4n) is 2.76. The molecule has 128 valence electrons. The Morgan fingerprint density at radius 1 is 1.20 bits per heavy atom. The molecule has 25 heavy (non-hydrogen) atoms. The third kappa shape index (κ3) is 4.03. The molecule has 0 bridgehead atoms. The van der Waals surface area contributed by atoms with Gasteiger partial charge in [-0.3, -0.25) is 9.48 Å². The number of Topliss-reactive ketones (excluding diaryl/α,β-unsaturated/α-hetero) is 1. The monoisotopic (exact) mass is 335 g/mol. The van der Waals surface area contributed by atoms with Crippen molar-refractivity contribution in [1.29, 1.82) is 0 Å². The van der Waals surface area contributed by atoms with E-state index >= 15 is 0 Å². The Hall–Kier alpha value is -3.15. The van der Waals surface area contributed by atoms with Crippen LogP contribution in [0, 0.1) is 6.92 Å². The van der Waals surface area contributed by atoms with E-state index in [-0.39, 0.29) is 5.78 Å². The number of nitrogens with zero attached hydrogens (tertiary/aromatic N) is 3. The van der Waals surface area contributed by atoms with Gasteiger partial charge in [-0.1, -0.05) is 24.3 Å². The minimum absolute atomic E-state index is 0.0599. The Morgan fingerprint density at radius 2 is 2.00 bits per heavy atom. The topological polar surface area (TPSA) is 85.8 Å². The van der Waals surface area contributed by atoms with Gasteiger partial charge in [0.2, 0.25) is 0 Å². The lowest BCUT2D eigenvalue weighted by molar-refractivity contribution is 0.0984. The zero-order valence-electron chi connectivity index (χ0n) is 14.4. The molecule has 3 N–H and O–H groups in total. The molecule has 0 aliphatic carbocycles. The van der Waals surface area contributed by atoms with E-state index in [1.165, 1.54) is 0 Å². The van der Waals surface area contributed by atoms with Crippen molar-refractivity contribution in [2.45, 2.75) is 19.9 Å². The molecule has 6 nitrogen and oxygen atoms in total. The molecule has 0 radical (unpaired) electrons. The zero-order valence-corrected chi connectivity index (χ0v) is 14.4. The second kappa shape index (κ2) is 7.17. The Morgan fingerprint density at radius 3 is 2.72 bits per heavy atom. The molecule has 0 spiro atoms. The molecule has 0 amide bonds.